The molecule has 0 atom stereocenters. The molecule has 0 amide bonds. The van der Waals surface area contributed by atoms with Gasteiger partial charge in [-0.3, -0.25) is 9.89 Å². The van der Waals surface area contributed by atoms with Crippen LogP contribution in [-0.2, 0) is 11.2 Å². The van der Waals surface area contributed by atoms with E-state index in [0.29, 0.717) is 11.3 Å². The van der Waals surface area contributed by atoms with Gasteiger partial charge in [0.25, 0.3) is 0 Å². The number of nitrogens with one attached hydrogen (secondary N) is 1. The van der Waals surface area contributed by atoms with E-state index in [0.717, 1.165) is 5.56 Å². The molecule has 0 aliphatic carbocycles. The SMILES string of the molecule is O=C(O)Cc1[nH]ncc1-c1ccc(F)cc1. The fraction of sp³-hybridized carbons (Fsp3) is 0.0909. The predicted molar refractivity (Wildman–Crippen MR) is 55.3 cm³/mol. The molecule has 0 aliphatic heterocycles. The minimum absolute atomic E-state index is 0.132. The van der Waals surface area contributed by atoms with Crippen LogP contribution in [0.3, 0.4) is 0 Å². The van der Waals surface area contributed by atoms with Gasteiger partial charge in [-0.15, -0.1) is 0 Å². The molecular formula is C11H9FN2O2. The first-order chi connectivity index (χ1) is 7.66. The number of carboxylic acid groups (broad SMARTS) is 1. The Balaban J connectivity index is 2.36. The molecular weight excluding hydrogens is 211 g/mol. The third-order valence-electron chi connectivity index (χ3n) is 2.20. The molecule has 2 rings (SSSR count). The number of aliphatic carboxylic acids is 1. The summed E-state index contributed by atoms with van der Waals surface area (Å²) in [5.74, 6) is -1.26. The molecule has 0 saturated carbocycles. The number of halogens is 1. The molecule has 1 aromatic heterocycles. The van der Waals surface area contributed by atoms with Crippen molar-refractivity contribution in [2.45, 2.75) is 6.42 Å². The summed E-state index contributed by atoms with van der Waals surface area (Å²) in [6, 6.07) is 5.83. The van der Waals surface area contributed by atoms with Gasteiger partial charge in [-0.2, -0.15) is 5.10 Å². The van der Waals surface area contributed by atoms with Crippen LogP contribution in [0.5, 0.6) is 0 Å². The van der Waals surface area contributed by atoms with Gasteiger partial charge in [0, 0.05) is 5.56 Å². The zero-order valence-electron chi connectivity index (χ0n) is 8.27. The van der Waals surface area contributed by atoms with Crippen LogP contribution in [0.1, 0.15) is 5.69 Å². The van der Waals surface area contributed by atoms with Gasteiger partial charge < -0.3 is 5.11 Å². The highest BCUT2D eigenvalue weighted by Gasteiger charge is 2.10. The molecule has 1 heterocycles. The molecule has 0 fully saturated rings. The number of benzene rings is 1. The number of aromatic nitrogens is 2. The van der Waals surface area contributed by atoms with Crippen molar-refractivity contribution in [2.24, 2.45) is 0 Å². The summed E-state index contributed by atoms with van der Waals surface area (Å²) in [7, 11) is 0. The maximum Gasteiger partial charge on any atom is 0.309 e. The zero-order chi connectivity index (χ0) is 11.5. The highest BCUT2D eigenvalue weighted by Crippen LogP contribution is 2.22. The third kappa shape index (κ3) is 2.08. The molecule has 0 aliphatic rings. The highest BCUT2D eigenvalue weighted by molar-refractivity contribution is 5.75. The number of nitrogens with zero attached hydrogens (tertiary/aromatic N) is 1. The molecule has 0 bridgehead atoms. The summed E-state index contributed by atoms with van der Waals surface area (Å²) < 4.78 is 12.7. The lowest BCUT2D eigenvalue weighted by molar-refractivity contribution is -0.136. The minimum Gasteiger partial charge on any atom is -0.481 e. The van der Waals surface area contributed by atoms with E-state index in [2.05, 4.69) is 10.2 Å². The second-order valence-corrected chi connectivity index (χ2v) is 3.34. The van der Waals surface area contributed by atoms with E-state index < -0.39 is 5.97 Å². The summed E-state index contributed by atoms with van der Waals surface area (Å²) in [5.41, 5.74) is 1.94. The molecule has 0 saturated heterocycles. The fourth-order valence-corrected chi connectivity index (χ4v) is 1.48. The van der Waals surface area contributed by atoms with E-state index in [-0.39, 0.29) is 12.2 Å². The second kappa shape index (κ2) is 4.14. The van der Waals surface area contributed by atoms with Gasteiger partial charge in [-0.25, -0.2) is 4.39 Å². The molecule has 0 radical (unpaired) electrons. The lowest BCUT2D eigenvalue weighted by atomic mass is 10.1. The molecule has 5 heteroatoms. The number of aromatic amines is 1. The maximum absolute atomic E-state index is 12.7. The van der Waals surface area contributed by atoms with Crippen molar-refractivity contribution >= 4 is 5.97 Å². The molecule has 2 N–H and O–H groups in total. The van der Waals surface area contributed by atoms with E-state index in [4.69, 9.17) is 5.11 Å². The number of H-pyrrole nitrogens is 1. The summed E-state index contributed by atoms with van der Waals surface area (Å²) >= 11 is 0. The van der Waals surface area contributed by atoms with Crippen molar-refractivity contribution in [1.82, 2.24) is 10.2 Å². The summed E-state index contributed by atoms with van der Waals surface area (Å²) in [5, 5.41) is 15.1. The van der Waals surface area contributed by atoms with E-state index in [1.54, 1.807) is 12.1 Å². The van der Waals surface area contributed by atoms with Crippen LogP contribution in [-0.4, -0.2) is 21.3 Å². The van der Waals surface area contributed by atoms with Gasteiger partial charge in [0.1, 0.15) is 5.82 Å². The topological polar surface area (TPSA) is 66.0 Å². The molecule has 0 unspecified atom stereocenters. The Morgan fingerprint density at radius 2 is 2.06 bits per heavy atom. The van der Waals surface area contributed by atoms with Crippen molar-refractivity contribution in [3.05, 3.63) is 42.0 Å². The van der Waals surface area contributed by atoms with Crippen LogP contribution in [0.25, 0.3) is 11.1 Å². The molecule has 4 nitrogen and oxygen atoms in total. The van der Waals surface area contributed by atoms with E-state index in [1.165, 1.54) is 18.3 Å². The smallest absolute Gasteiger partial charge is 0.309 e. The van der Waals surface area contributed by atoms with Crippen molar-refractivity contribution in [1.29, 1.82) is 0 Å². The van der Waals surface area contributed by atoms with E-state index in [1.807, 2.05) is 0 Å². The van der Waals surface area contributed by atoms with E-state index >= 15 is 0 Å². The Labute approximate surface area is 90.7 Å². The molecule has 1 aromatic carbocycles. The standard InChI is InChI=1S/C11H9FN2O2/c12-8-3-1-7(2-4-8)9-6-13-14-10(9)5-11(15)16/h1-4,6H,5H2,(H,13,14)(H,15,16). The van der Waals surface area contributed by atoms with Gasteiger partial charge in [-0.05, 0) is 17.7 Å². The van der Waals surface area contributed by atoms with Crippen LogP contribution in [0.15, 0.2) is 30.5 Å². The van der Waals surface area contributed by atoms with Gasteiger partial charge in [0.05, 0.1) is 18.3 Å². The first kappa shape index (κ1) is 10.4. The number of carboxylic acids is 1. The maximum atomic E-state index is 12.7. The van der Waals surface area contributed by atoms with Gasteiger partial charge in [-0.1, -0.05) is 12.1 Å². The van der Waals surface area contributed by atoms with Crippen molar-refractivity contribution < 1.29 is 14.3 Å². The van der Waals surface area contributed by atoms with Gasteiger partial charge in [0.2, 0.25) is 0 Å². The Kier molecular flexibility index (Phi) is 2.68. The Bertz CT molecular complexity index is 505. The Hall–Kier alpha value is -2.17. The summed E-state index contributed by atoms with van der Waals surface area (Å²) in [6.45, 7) is 0. The van der Waals surface area contributed by atoms with Gasteiger partial charge in [0.15, 0.2) is 0 Å². The molecule has 2 aromatic rings. The molecule has 82 valence electrons. The minimum atomic E-state index is -0.937. The van der Waals surface area contributed by atoms with Crippen LogP contribution in [0, 0.1) is 5.82 Å². The summed E-state index contributed by atoms with van der Waals surface area (Å²) in [6.07, 6.45) is 1.40. The second-order valence-electron chi connectivity index (χ2n) is 3.34. The average molecular weight is 220 g/mol. The predicted octanol–water partition coefficient (Wildman–Crippen LogP) is 1.84. The fourth-order valence-electron chi connectivity index (χ4n) is 1.48. The molecule has 0 spiro atoms. The van der Waals surface area contributed by atoms with Crippen LogP contribution < -0.4 is 0 Å². The van der Waals surface area contributed by atoms with Crippen molar-refractivity contribution in [3.63, 3.8) is 0 Å². The number of hydrogen-bond donors (Lipinski definition) is 2. The Morgan fingerprint density at radius 3 is 2.69 bits per heavy atom. The van der Waals surface area contributed by atoms with E-state index in [9.17, 15) is 9.18 Å². The summed E-state index contributed by atoms with van der Waals surface area (Å²) in [4.78, 5) is 10.6. The largest absolute Gasteiger partial charge is 0.481 e. The van der Waals surface area contributed by atoms with Gasteiger partial charge >= 0.3 is 5.97 Å². The normalized spacial score (nSPS) is 10.3. The van der Waals surface area contributed by atoms with Crippen molar-refractivity contribution in [3.8, 4) is 11.1 Å². The monoisotopic (exact) mass is 220 g/mol. The van der Waals surface area contributed by atoms with Crippen LogP contribution in [0.4, 0.5) is 4.39 Å². The Morgan fingerprint density at radius 1 is 1.38 bits per heavy atom. The lowest BCUT2D eigenvalue weighted by Gasteiger charge is -2.00. The first-order valence-electron chi connectivity index (χ1n) is 4.67. The number of rotatable bonds is 3. The third-order valence-corrected chi connectivity index (χ3v) is 2.20. The highest BCUT2D eigenvalue weighted by atomic mass is 19.1. The average Bonchev–Trinajstić information content (AvgIpc) is 2.66. The number of hydrogen-bond acceptors (Lipinski definition) is 2. The lowest BCUT2D eigenvalue weighted by Crippen LogP contribution is -2.01. The van der Waals surface area contributed by atoms with Crippen molar-refractivity contribution in [2.75, 3.05) is 0 Å². The first-order valence-corrected chi connectivity index (χ1v) is 4.67. The zero-order valence-corrected chi connectivity index (χ0v) is 8.27. The quantitative estimate of drug-likeness (QED) is 0.829. The number of carbonyl (C=O) groups is 1. The molecule has 16 heavy (non-hydrogen) atoms. The van der Waals surface area contributed by atoms with Crippen LogP contribution in [0.2, 0.25) is 0 Å². The van der Waals surface area contributed by atoms with Crippen LogP contribution >= 0.6 is 0 Å².